The summed E-state index contributed by atoms with van der Waals surface area (Å²) in [5.74, 6) is 2.18. The van der Waals surface area contributed by atoms with Crippen molar-refractivity contribution >= 4 is 22.1 Å². The molecule has 3 heterocycles. The monoisotopic (exact) mass is 548 g/mol. The van der Waals surface area contributed by atoms with Crippen LogP contribution in [0, 0.1) is 19.7 Å². The van der Waals surface area contributed by atoms with E-state index in [-0.39, 0.29) is 11.9 Å². The minimum absolute atomic E-state index is 0.135. The Kier molecular flexibility index (Phi) is 7.05. The summed E-state index contributed by atoms with van der Waals surface area (Å²) in [7, 11) is 0. The minimum atomic E-state index is -0.534. The van der Waals surface area contributed by atoms with Crippen molar-refractivity contribution in [3.05, 3.63) is 102 Å². The van der Waals surface area contributed by atoms with Gasteiger partial charge < -0.3 is 19.0 Å². The van der Waals surface area contributed by atoms with Crippen molar-refractivity contribution in [1.82, 2.24) is 19.1 Å². The maximum absolute atomic E-state index is 14.1. The van der Waals surface area contributed by atoms with Crippen LogP contribution in [0.5, 0.6) is 5.75 Å². The van der Waals surface area contributed by atoms with E-state index in [1.165, 1.54) is 17.1 Å². The first kappa shape index (κ1) is 26.7. The number of halogens is 1. The molecule has 0 spiro atoms. The molecular weight excluding hydrogens is 515 g/mol. The van der Waals surface area contributed by atoms with Gasteiger partial charge in [-0.2, -0.15) is 0 Å². The summed E-state index contributed by atoms with van der Waals surface area (Å²) in [5, 5.41) is 9.75. The summed E-state index contributed by atoms with van der Waals surface area (Å²) in [6.45, 7) is 9.11. The van der Waals surface area contributed by atoms with E-state index < -0.39 is 6.10 Å². The highest BCUT2D eigenvalue weighted by molar-refractivity contribution is 5.85. The number of nitrogens with zero attached hydrogens (tertiary/aromatic N) is 4. The van der Waals surface area contributed by atoms with Gasteiger partial charge in [0.25, 0.3) is 0 Å². The van der Waals surface area contributed by atoms with Gasteiger partial charge in [-0.1, -0.05) is 48.5 Å². The van der Waals surface area contributed by atoms with Gasteiger partial charge in [0.2, 0.25) is 0 Å². The fraction of sp³-hybridized carbons (Fsp3) is 0.235. The van der Waals surface area contributed by atoms with Crippen molar-refractivity contribution in [3.8, 4) is 28.5 Å². The Labute approximate surface area is 238 Å². The number of rotatable bonds is 3. The summed E-state index contributed by atoms with van der Waals surface area (Å²) in [4.78, 5) is 9.48. The molecule has 7 rings (SSSR count). The first-order chi connectivity index (χ1) is 19.8. The maximum atomic E-state index is 14.1. The van der Waals surface area contributed by atoms with Crippen molar-refractivity contribution in [3.63, 3.8) is 0 Å². The lowest BCUT2D eigenvalue weighted by Crippen LogP contribution is -2.17. The van der Waals surface area contributed by atoms with E-state index in [9.17, 15) is 9.50 Å². The molecule has 2 unspecified atom stereocenters. The van der Waals surface area contributed by atoms with Crippen LogP contribution in [0.15, 0.2) is 84.9 Å². The van der Waals surface area contributed by atoms with Crippen molar-refractivity contribution < 1.29 is 14.2 Å². The van der Waals surface area contributed by atoms with Gasteiger partial charge in [0.05, 0.1) is 52.4 Å². The molecule has 2 atom stereocenters. The van der Waals surface area contributed by atoms with Gasteiger partial charge in [-0.3, -0.25) is 0 Å². The molecule has 0 saturated carbocycles. The number of para-hydroxylation sites is 3. The van der Waals surface area contributed by atoms with Crippen molar-refractivity contribution in [2.24, 2.45) is 0 Å². The lowest BCUT2D eigenvalue weighted by atomic mass is 10.2. The quantitative estimate of drug-likeness (QED) is 0.252. The lowest BCUT2D eigenvalue weighted by Gasteiger charge is -2.13. The van der Waals surface area contributed by atoms with Crippen molar-refractivity contribution in [1.29, 1.82) is 0 Å². The van der Waals surface area contributed by atoms with Crippen LogP contribution in [0.25, 0.3) is 44.8 Å². The Morgan fingerprint density at radius 3 is 2.15 bits per heavy atom. The van der Waals surface area contributed by atoms with E-state index in [4.69, 9.17) is 9.72 Å². The Morgan fingerprint density at radius 1 is 0.829 bits per heavy atom. The maximum Gasteiger partial charge on any atom is 0.145 e. The Hall–Kier alpha value is -4.49. The van der Waals surface area contributed by atoms with Crippen molar-refractivity contribution in [2.75, 3.05) is 0 Å². The first-order valence-corrected chi connectivity index (χ1v) is 13.9. The summed E-state index contributed by atoms with van der Waals surface area (Å²) >= 11 is 0. The zero-order chi connectivity index (χ0) is 28.7. The van der Waals surface area contributed by atoms with Crippen LogP contribution in [-0.4, -0.2) is 36.4 Å². The zero-order valence-corrected chi connectivity index (χ0v) is 23.7. The lowest BCUT2D eigenvalue weighted by molar-refractivity contribution is 0.175. The summed E-state index contributed by atoms with van der Waals surface area (Å²) in [6.07, 6.45) is -0.399. The molecule has 1 N–H and O–H groups in total. The molecule has 0 radical (unpaired) electrons. The molecule has 0 amide bonds. The molecule has 1 aliphatic rings. The van der Waals surface area contributed by atoms with Crippen LogP contribution in [0.2, 0.25) is 0 Å². The zero-order valence-electron chi connectivity index (χ0n) is 23.7. The molecule has 41 heavy (non-hydrogen) atoms. The molecule has 4 aromatic carbocycles. The number of hydrogen-bond acceptors (Lipinski definition) is 4. The number of aromatic nitrogens is 4. The fourth-order valence-corrected chi connectivity index (χ4v) is 5.53. The van der Waals surface area contributed by atoms with Crippen molar-refractivity contribution in [2.45, 2.75) is 53.0 Å². The smallest absolute Gasteiger partial charge is 0.145 e. The third kappa shape index (κ3) is 4.98. The van der Waals surface area contributed by atoms with Crippen LogP contribution in [0.1, 0.15) is 25.0 Å². The molecule has 6 nitrogen and oxygen atoms in total. The normalized spacial score (nSPS) is 14.9. The Morgan fingerprint density at radius 2 is 1.44 bits per heavy atom. The number of aliphatic hydroxyl groups excluding tert-OH is 1. The SMILES string of the molecule is Cc1cccc2c1nc(-c1ccccc1F)n2CC(C)O.Cc1cccc2c1nc1n2CC(C)Oc2ccccc2-1. The summed E-state index contributed by atoms with van der Waals surface area (Å²) in [5.41, 5.74) is 7.81. The molecular formula is C34H33FN4O2. The number of fused-ring (bicyclic) bond motifs is 6. The topological polar surface area (TPSA) is 65.1 Å². The highest BCUT2D eigenvalue weighted by Gasteiger charge is 2.23. The van der Waals surface area contributed by atoms with E-state index in [2.05, 4.69) is 47.7 Å². The van der Waals surface area contributed by atoms with Crippen LogP contribution in [0.4, 0.5) is 4.39 Å². The molecule has 2 aromatic heterocycles. The third-order valence-electron chi connectivity index (χ3n) is 7.42. The molecule has 1 aliphatic heterocycles. The number of ether oxygens (including phenoxy) is 1. The average molecular weight is 549 g/mol. The predicted molar refractivity (Wildman–Crippen MR) is 162 cm³/mol. The number of imidazole rings is 2. The van der Waals surface area contributed by atoms with Gasteiger partial charge in [0.1, 0.15) is 29.3 Å². The molecule has 208 valence electrons. The summed E-state index contributed by atoms with van der Waals surface area (Å²) in [6, 6.07) is 27.0. The van der Waals surface area contributed by atoms with E-state index >= 15 is 0 Å². The fourth-order valence-electron chi connectivity index (χ4n) is 5.53. The Bertz CT molecular complexity index is 1870. The van der Waals surface area contributed by atoms with E-state index in [1.54, 1.807) is 25.1 Å². The van der Waals surface area contributed by atoms with Gasteiger partial charge >= 0.3 is 0 Å². The molecule has 0 fully saturated rings. The summed E-state index contributed by atoms with van der Waals surface area (Å²) < 4.78 is 24.3. The Balaban J connectivity index is 0.000000148. The van der Waals surface area contributed by atoms with Crippen LogP contribution in [0.3, 0.4) is 0 Å². The molecule has 0 saturated heterocycles. The standard InChI is InChI=1S/C17H17FN2O.C17H16N2O/c1-11-6-5-9-15-16(11)19-17(20(15)10-12(2)21)13-7-3-4-8-14(13)18;1-11-6-5-8-14-16(11)18-17-13-7-3-4-9-15(13)20-12(2)10-19(14)17/h3-9,12,21H,10H2,1-2H3;3-9,12H,10H2,1-2H3. The van der Waals surface area contributed by atoms with Crippen LogP contribution in [-0.2, 0) is 13.1 Å². The highest BCUT2D eigenvalue weighted by Crippen LogP contribution is 2.36. The molecule has 7 heteroatoms. The van der Waals surface area contributed by atoms with Gasteiger partial charge in [-0.25, -0.2) is 14.4 Å². The second-order valence-electron chi connectivity index (χ2n) is 10.7. The average Bonchev–Trinajstić information content (AvgIpc) is 3.45. The number of aryl methyl sites for hydroxylation is 2. The molecule has 0 aliphatic carbocycles. The van der Waals surface area contributed by atoms with E-state index in [1.807, 2.05) is 47.9 Å². The second-order valence-corrected chi connectivity index (χ2v) is 10.7. The second kappa shape index (κ2) is 10.8. The van der Waals surface area contributed by atoms with E-state index in [0.717, 1.165) is 45.8 Å². The molecule has 6 aromatic rings. The first-order valence-electron chi connectivity index (χ1n) is 13.9. The van der Waals surface area contributed by atoms with Gasteiger partial charge in [-0.15, -0.1) is 0 Å². The van der Waals surface area contributed by atoms with Gasteiger partial charge in [0, 0.05) is 0 Å². The molecule has 0 bridgehead atoms. The highest BCUT2D eigenvalue weighted by atomic mass is 19.1. The largest absolute Gasteiger partial charge is 0.488 e. The van der Waals surface area contributed by atoms with E-state index in [0.29, 0.717) is 17.9 Å². The third-order valence-corrected chi connectivity index (χ3v) is 7.42. The van der Waals surface area contributed by atoms with Gasteiger partial charge in [-0.05, 0) is 75.2 Å². The van der Waals surface area contributed by atoms with Crippen LogP contribution < -0.4 is 4.74 Å². The number of hydrogen-bond donors (Lipinski definition) is 1. The van der Waals surface area contributed by atoms with Gasteiger partial charge in [0.15, 0.2) is 0 Å². The number of aliphatic hydroxyl groups is 1. The van der Waals surface area contributed by atoms with Crippen LogP contribution >= 0.6 is 0 Å². The minimum Gasteiger partial charge on any atom is -0.488 e. The number of benzene rings is 4. The predicted octanol–water partition coefficient (Wildman–Crippen LogP) is 7.32.